The van der Waals surface area contributed by atoms with Crippen LogP contribution >= 0.6 is 0 Å². The summed E-state index contributed by atoms with van der Waals surface area (Å²) in [5.41, 5.74) is 0.642. The first kappa shape index (κ1) is 24.0. The van der Waals surface area contributed by atoms with Crippen LogP contribution in [0.5, 0.6) is 5.75 Å². The Bertz CT molecular complexity index is 1220. The second kappa shape index (κ2) is 9.76. The standard InChI is InChI=1S/C25H27F2N5O4/c26-25(27)36-20-6-2-5-18-17(20)10-19(31-18)24(35)32-12-14-3-1-4-16(14)21(32)23(34)30-15(11-28)9-13-7-8-29-22(13)33/h2,5-6,10,13-16,21,25,31H,1,3-4,7-9,12H2,(H,29,33)(H,30,34)/t13-,14-,15-,16-,21-/m0/s1. The second-order valence-corrected chi connectivity index (χ2v) is 9.74. The van der Waals surface area contributed by atoms with Crippen molar-refractivity contribution in [2.45, 2.75) is 50.8 Å². The van der Waals surface area contributed by atoms with E-state index in [1.165, 1.54) is 17.0 Å². The quantitative estimate of drug-likeness (QED) is 0.540. The molecule has 0 spiro atoms. The molecule has 2 aromatic rings. The number of benzene rings is 1. The number of nitrogens with zero attached hydrogens (tertiary/aromatic N) is 2. The van der Waals surface area contributed by atoms with Gasteiger partial charge in [0.2, 0.25) is 11.8 Å². The van der Waals surface area contributed by atoms with Gasteiger partial charge in [0.25, 0.3) is 5.91 Å². The summed E-state index contributed by atoms with van der Waals surface area (Å²) in [6.07, 6.45) is 3.50. The van der Waals surface area contributed by atoms with Gasteiger partial charge in [0.1, 0.15) is 23.5 Å². The molecular weight excluding hydrogens is 472 g/mol. The van der Waals surface area contributed by atoms with Gasteiger partial charge >= 0.3 is 6.61 Å². The summed E-state index contributed by atoms with van der Waals surface area (Å²) >= 11 is 0. The number of hydrogen-bond donors (Lipinski definition) is 3. The zero-order valence-corrected chi connectivity index (χ0v) is 19.5. The highest BCUT2D eigenvalue weighted by Crippen LogP contribution is 2.43. The predicted molar refractivity (Wildman–Crippen MR) is 124 cm³/mol. The lowest BCUT2D eigenvalue weighted by Crippen LogP contribution is -2.51. The van der Waals surface area contributed by atoms with Crippen LogP contribution in [0.15, 0.2) is 24.3 Å². The van der Waals surface area contributed by atoms with E-state index in [1.807, 2.05) is 0 Å². The van der Waals surface area contributed by atoms with Crippen LogP contribution in [-0.4, -0.2) is 59.4 Å². The van der Waals surface area contributed by atoms with Gasteiger partial charge < -0.3 is 25.3 Å². The molecule has 1 aromatic carbocycles. The van der Waals surface area contributed by atoms with Gasteiger partial charge in [-0.1, -0.05) is 12.5 Å². The first-order valence-corrected chi connectivity index (χ1v) is 12.2. The van der Waals surface area contributed by atoms with E-state index in [4.69, 9.17) is 0 Å². The Morgan fingerprint density at radius 3 is 2.83 bits per heavy atom. The van der Waals surface area contributed by atoms with Crippen molar-refractivity contribution >= 4 is 28.6 Å². The molecule has 190 valence electrons. The van der Waals surface area contributed by atoms with Crippen LogP contribution in [0.4, 0.5) is 8.78 Å². The minimum Gasteiger partial charge on any atom is -0.434 e. The molecule has 3 fully saturated rings. The molecule has 3 N–H and O–H groups in total. The Morgan fingerprint density at radius 2 is 2.11 bits per heavy atom. The average molecular weight is 500 g/mol. The lowest BCUT2D eigenvalue weighted by molar-refractivity contribution is -0.127. The number of carbonyl (C=O) groups is 3. The molecule has 1 aromatic heterocycles. The topological polar surface area (TPSA) is 127 Å². The molecule has 5 atom stereocenters. The van der Waals surface area contributed by atoms with Crippen LogP contribution in [0.3, 0.4) is 0 Å². The number of fused-ring (bicyclic) bond motifs is 2. The highest BCUT2D eigenvalue weighted by molar-refractivity contribution is 6.02. The molecule has 3 aliphatic rings. The Balaban J connectivity index is 1.37. The first-order chi connectivity index (χ1) is 17.4. The number of carbonyl (C=O) groups excluding carboxylic acids is 3. The molecule has 1 saturated carbocycles. The molecule has 11 heteroatoms. The summed E-state index contributed by atoms with van der Waals surface area (Å²) in [6.45, 7) is -2.04. The molecule has 1 aliphatic carbocycles. The Labute approximate surface area is 206 Å². The zero-order valence-electron chi connectivity index (χ0n) is 19.5. The number of nitriles is 1. The lowest BCUT2D eigenvalue weighted by atomic mass is 9.92. The number of hydrogen-bond acceptors (Lipinski definition) is 5. The van der Waals surface area contributed by atoms with Crippen molar-refractivity contribution in [1.82, 2.24) is 20.5 Å². The van der Waals surface area contributed by atoms with E-state index in [2.05, 4.69) is 26.4 Å². The number of alkyl halides is 2. The minimum absolute atomic E-state index is 0.0230. The number of likely N-dealkylation sites (tertiary alicyclic amines) is 1. The molecular formula is C25H27F2N5O4. The fraction of sp³-hybridized carbons (Fsp3) is 0.520. The van der Waals surface area contributed by atoms with Crippen molar-refractivity contribution in [2.75, 3.05) is 13.1 Å². The minimum atomic E-state index is -3.00. The van der Waals surface area contributed by atoms with Gasteiger partial charge in [-0.2, -0.15) is 14.0 Å². The van der Waals surface area contributed by atoms with Gasteiger partial charge in [0.05, 0.1) is 6.07 Å². The van der Waals surface area contributed by atoms with Gasteiger partial charge in [-0.15, -0.1) is 0 Å². The largest absolute Gasteiger partial charge is 0.434 e. The van der Waals surface area contributed by atoms with Gasteiger partial charge in [0.15, 0.2) is 0 Å². The van der Waals surface area contributed by atoms with Crippen molar-refractivity contribution in [2.24, 2.45) is 17.8 Å². The molecule has 2 aliphatic heterocycles. The van der Waals surface area contributed by atoms with Gasteiger partial charge in [0, 0.05) is 29.9 Å². The molecule has 36 heavy (non-hydrogen) atoms. The van der Waals surface area contributed by atoms with Crippen LogP contribution in [0.2, 0.25) is 0 Å². The highest BCUT2D eigenvalue weighted by Gasteiger charge is 2.50. The van der Waals surface area contributed by atoms with Crippen LogP contribution in [0.25, 0.3) is 10.9 Å². The second-order valence-electron chi connectivity index (χ2n) is 9.74. The predicted octanol–water partition coefficient (Wildman–Crippen LogP) is 2.54. The summed E-state index contributed by atoms with van der Waals surface area (Å²) < 4.78 is 30.2. The lowest BCUT2D eigenvalue weighted by Gasteiger charge is -2.28. The first-order valence-electron chi connectivity index (χ1n) is 12.2. The Hall–Kier alpha value is -3.68. The number of rotatable bonds is 7. The molecule has 3 heterocycles. The van der Waals surface area contributed by atoms with E-state index >= 15 is 0 Å². The van der Waals surface area contributed by atoms with Gasteiger partial charge in [-0.05, 0) is 55.7 Å². The number of nitrogens with one attached hydrogen (secondary N) is 3. The molecule has 0 bridgehead atoms. The van der Waals surface area contributed by atoms with Crippen molar-refractivity contribution in [3.8, 4) is 11.8 Å². The highest BCUT2D eigenvalue weighted by atomic mass is 19.3. The van der Waals surface area contributed by atoms with Gasteiger partial charge in [-0.25, -0.2) is 0 Å². The van der Waals surface area contributed by atoms with E-state index in [1.54, 1.807) is 12.1 Å². The van der Waals surface area contributed by atoms with E-state index in [0.717, 1.165) is 19.3 Å². The maximum atomic E-state index is 13.6. The molecule has 0 unspecified atom stereocenters. The van der Waals surface area contributed by atoms with Crippen LogP contribution in [0, 0.1) is 29.1 Å². The summed E-state index contributed by atoms with van der Waals surface area (Å²) in [5, 5.41) is 15.5. The van der Waals surface area contributed by atoms with Crippen LogP contribution < -0.4 is 15.4 Å². The maximum Gasteiger partial charge on any atom is 0.387 e. The smallest absolute Gasteiger partial charge is 0.387 e. The van der Waals surface area contributed by atoms with E-state index < -0.39 is 30.5 Å². The third-order valence-corrected chi connectivity index (χ3v) is 7.65. The summed E-state index contributed by atoms with van der Waals surface area (Å²) in [7, 11) is 0. The van der Waals surface area contributed by atoms with Crippen molar-refractivity contribution in [3.05, 3.63) is 30.0 Å². The monoisotopic (exact) mass is 499 g/mol. The molecule has 2 saturated heterocycles. The van der Waals surface area contributed by atoms with Crippen molar-refractivity contribution < 1.29 is 27.9 Å². The van der Waals surface area contributed by atoms with Crippen LogP contribution in [0.1, 0.15) is 42.6 Å². The SMILES string of the molecule is N#C[C@H](C[C@@H]1CCNC1=O)NC(=O)[C@@H]1[C@H]2CCC[C@H]2CN1C(=O)c1cc2c(OC(F)F)cccc2[nH]1. The zero-order chi connectivity index (χ0) is 25.4. The van der Waals surface area contributed by atoms with Gasteiger partial charge in [-0.3, -0.25) is 14.4 Å². The number of H-pyrrole nitrogens is 1. The van der Waals surface area contributed by atoms with E-state index in [-0.39, 0.29) is 41.5 Å². The number of ether oxygens (including phenoxy) is 1. The Kier molecular flexibility index (Phi) is 6.51. The molecule has 5 rings (SSSR count). The average Bonchev–Trinajstić information content (AvgIpc) is 3.61. The van der Waals surface area contributed by atoms with E-state index in [9.17, 15) is 28.4 Å². The summed E-state index contributed by atoms with van der Waals surface area (Å²) in [4.78, 5) is 43.4. The number of amides is 3. The van der Waals surface area contributed by atoms with Crippen molar-refractivity contribution in [3.63, 3.8) is 0 Å². The number of aromatic nitrogens is 1. The third-order valence-electron chi connectivity index (χ3n) is 7.65. The summed E-state index contributed by atoms with van der Waals surface area (Å²) in [5.74, 6) is -1.15. The molecule has 9 nitrogen and oxygen atoms in total. The normalized spacial score (nSPS) is 26.1. The van der Waals surface area contributed by atoms with Crippen LogP contribution in [-0.2, 0) is 9.59 Å². The van der Waals surface area contributed by atoms with Crippen molar-refractivity contribution in [1.29, 1.82) is 5.26 Å². The number of halogens is 2. The fourth-order valence-corrected chi connectivity index (χ4v) is 6.00. The molecule has 0 radical (unpaired) electrons. The Morgan fingerprint density at radius 1 is 1.28 bits per heavy atom. The summed E-state index contributed by atoms with van der Waals surface area (Å²) in [6, 6.07) is 6.57. The third kappa shape index (κ3) is 4.47. The molecule has 3 amide bonds. The number of aromatic amines is 1. The maximum absolute atomic E-state index is 13.6. The van der Waals surface area contributed by atoms with E-state index in [0.29, 0.717) is 30.4 Å². The fourth-order valence-electron chi connectivity index (χ4n) is 6.00.